The first-order chi connectivity index (χ1) is 7.15. The Morgan fingerprint density at radius 2 is 2.07 bits per heavy atom. The normalized spacial score (nSPS) is 20.6. The molecule has 1 fully saturated rings. The number of rotatable bonds is 3. The molecule has 0 saturated carbocycles. The summed E-state index contributed by atoms with van der Waals surface area (Å²) in [5.74, 6) is -0.356. The second-order valence-corrected chi connectivity index (χ2v) is 3.52. The van der Waals surface area contributed by atoms with Crippen LogP contribution in [0.5, 0.6) is 0 Å². The summed E-state index contributed by atoms with van der Waals surface area (Å²) in [5, 5.41) is 2.78. The lowest BCUT2D eigenvalue weighted by atomic mass is 10.0. The number of cyclic esters (lactones) is 1. The molecule has 1 saturated heterocycles. The van der Waals surface area contributed by atoms with Gasteiger partial charge in [0.15, 0.2) is 0 Å². The fourth-order valence-corrected chi connectivity index (χ4v) is 1.73. The number of hydrogen-bond donors (Lipinski definition) is 1. The van der Waals surface area contributed by atoms with Crippen molar-refractivity contribution in [1.29, 1.82) is 0 Å². The van der Waals surface area contributed by atoms with Crippen molar-refractivity contribution in [2.75, 3.05) is 11.9 Å². The molecule has 2 rings (SSSR count). The molecule has 0 aliphatic carbocycles. The third-order valence-corrected chi connectivity index (χ3v) is 2.62. The Morgan fingerprint density at radius 1 is 1.33 bits per heavy atom. The van der Waals surface area contributed by atoms with Crippen LogP contribution in [0.2, 0.25) is 0 Å². The van der Waals surface area contributed by atoms with E-state index in [1.165, 1.54) is 0 Å². The fourth-order valence-electron chi connectivity index (χ4n) is 1.73. The van der Waals surface area contributed by atoms with Gasteiger partial charge in [0.2, 0.25) is 10.9 Å². The summed E-state index contributed by atoms with van der Waals surface area (Å²) in [5.41, 5.74) is -0.177. The molecular weight excluding hydrogens is 198 g/mol. The molecule has 5 nitrogen and oxygen atoms in total. The van der Waals surface area contributed by atoms with Crippen molar-refractivity contribution >= 4 is 11.7 Å². The van der Waals surface area contributed by atoms with Gasteiger partial charge in [0, 0.05) is 12.0 Å². The van der Waals surface area contributed by atoms with Crippen LogP contribution in [-0.2, 0) is 16.0 Å². The molecule has 0 radical (unpaired) electrons. The lowest BCUT2D eigenvalue weighted by molar-refractivity contribution is -0.138. The molecule has 1 atom stereocenters. The molecule has 1 unspecified atom stereocenters. The van der Waals surface area contributed by atoms with Crippen molar-refractivity contribution in [2.24, 2.45) is 0 Å². The Morgan fingerprint density at radius 3 is 2.60 bits per heavy atom. The van der Waals surface area contributed by atoms with Crippen LogP contribution < -0.4 is 16.2 Å². The maximum Gasteiger partial charge on any atom is 0.328 e. The first kappa shape index (κ1) is 9.89. The van der Waals surface area contributed by atoms with Crippen molar-refractivity contribution in [3.05, 3.63) is 26.0 Å². The van der Waals surface area contributed by atoms with E-state index in [2.05, 4.69) is 5.32 Å². The Kier molecular flexibility index (Phi) is 2.30. The highest BCUT2D eigenvalue weighted by Gasteiger charge is 2.30. The van der Waals surface area contributed by atoms with Crippen molar-refractivity contribution in [1.82, 2.24) is 0 Å². The zero-order chi connectivity index (χ0) is 11.0. The number of carbonyl (C=O) groups excluding carboxylic acids is 1. The van der Waals surface area contributed by atoms with Crippen molar-refractivity contribution < 1.29 is 9.53 Å². The molecule has 5 heteroatoms. The van der Waals surface area contributed by atoms with E-state index < -0.39 is 16.9 Å². The standard InChI is InChI=1S/C10H11NO4/c1-2-5-7(9(13)8(5)12)11-6-3-4-15-10(6)14/h6,11H,2-4H2,1H3. The third-order valence-electron chi connectivity index (χ3n) is 2.62. The van der Waals surface area contributed by atoms with Crippen LogP contribution in [0.15, 0.2) is 9.59 Å². The van der Waals surface area contributed by atoms with Crippen LogP contribution in [0.4, 0.5) is 5.69 Å². The van der Waals surface area contributed by atoms with Crippen molar-refractivity contribution in [3.8, 4) is 0 Å². The monoisotopic (exact) mass is 209 g/mol. The summed E-state index contributed by atoms with van der Waals surface area (Å²) in [6.45, 7) is 2.17. The number of anilines is 1. The SMILES string of the molecule is CCc1c(NC2CCOC2=O)c(=O)c1=O. The predicted molar refractivity (Wildman–Crippen MR) is 53.7 cm³/mol. The summed E-state index contributed by atoms with van der Waals surface area (Å²) in [7, 11) is 0. The summed E-state index contributed by atoms with van der Waals surface area (Å²) < 4.78 is 4.75. The van der Waals surface area contributed by atoms with Gasteiger partial charge in [0.05, 0.1) is 12.3 Å². The average Bonchev–Trinajstić information content (AvgIpc) is 2.63. The van der Waals surface area contributed by atoms with E-state index in [1.807, 2.05) is 0 Å². The zero-order valence-corrected chi connectivity index (χ0v) is 8.33. The van der Waals surface area contributed by atoms with Gasteiger partial charge in [-0.3, -0.25) is 9.59 Å². The molecular formula is C10H11NO4. The van der Waals surface area contributed by atoms with Gasteiger partial charge in [-0.05, 0) is 6.42 Å². The van der Waals surface area contributed by atoms with E-state index in [4.69, 9.17) is 4.74 Å². The number of nitrogens with one attached hydrogen (secondary N) is 1. The molecule has 1 aliphatic rings. The minimum absolute atomic E-state index is 0.298. The van der Waals surface area contributed by atoms with Gasteiger partial charge in [0.25, 0.3) is 0 Å². The summed E-state index contributed by atoms with van der Waals surface area (Å²) >= 11 is 0. The molecule has 1 N–H and O–H groups in total. The average molecular weight is 209 g/mol. The molecule has 80 valence electrons. The predicted octanol–water partition coefficient (Wildman–Crippen LogP) is -0.428. The van der Waals surface area contributed by atoms with E-state index in [9.17, 15) is 14.4 Å². The Bertz CT molecular complexity index is 470. The highest BCUT2D eigenvalue weighted by molar-refractivity contribution is 5.81. The van der Waals surface area contributed by atoms with Crippen molar-refractivity contribution in [3.63, 3.8) is 0 Å². The summed E-state index contributed by atoms with van der Waals surface area (Å²) in [4.78, 5) is 33.4. The largest absolute Gasteiger partial charge is 0.464 e. The highest BCUT2D eigenvalue weighted by Crippen LogP contribution is 2.15. The molecule has 0 bridgehead atoms. The zero-order valence-electron chi connectivity index (χ0n) is 8.33. The number of ether oxygens (including phenoxy) is 1. The number of esters is 1. The second-order valence-electron chi connectivity index (χ2n) is 3.52. The maximum atomic E-state index is 11.2. The minimum Gasteiger partial charge on any atom is -0.464 e. The van der Waals surface area contributed by atoms with Crippen LogP contribution in [0, 0.1) is 0 Å². The quantitative estimate of drug-likeness (QED) is 0.540. The fraction of sp³-hybridized carbons (Fsp3) is 0.500. The first-order valence-electron chi connectivity index (χ1n) is 4.90. The van der Waals surface area contributed by atoms with E-state index in [-0.39, 0.29) is 5.97 Å². The number of hydrogen-bond acceptors (Lipinski definition) is 5. The molecule has 1 aliphatic heterocycles. The molecule has 1 aromatic rings. The Hall–Kier alpha value is -1.65. The van der Waals surface area contributed by atoms with Gasteiger partial charge >= 0.3 is 5.97 Å². The van der Waals surface area contributed by atoms with E-state index in [0.717, 1.165) is 0 Å². The topological polar surface area (TPSA) is 72.5 Å². The Labute approximate surface area is 85.7 Å². The van der Waals surface area contributed by atoms with E-state index >= 15 is 0 Å². The third kappa shape index (κ3) is 1.44. The van der Waals surface area contributed by atoms with Crippen LogP contribution in [0.3, 0.4) is 0 Å². The summed E-state index contributed by atoms with van der Waals surface area (Å²) in [6.07, 6.45) is 1.05. The molecule has 1 heterocycles. The van der Waals surface area contributed by atoms with Gasteiger partial charge in [0.1, 0.15) is 6.04 Å². The lowest BCUT2D eigenvalue weighted by Crippen LogP contribution is -2.41. The van der Waals surface area contributed by atoms with E-state index in [0.29, 0.717) is 30.7 Å². The van der Waals surface area contributed by atoms with Crippen LogP contribution in [0.1, 0.15) is 18.9 Å². The molecule has 0 amide bonds. The second kappa shape index (κ2) is 3.49. The van der Waals surface area contributed by atoms with Gasteiger partial charge in [-0.1, -0.05) is 6.92 Å². The smallest absolute Gasteiger partial charge is 0.328 e. The van der Waals surface area contributed by atoms with Crippen LogP contribution in [0.25, 0.3) is 0 Å². The van der Waals surface area contributed by atoms with Gasteiger partial charge < -0.3 is 10.1 Å². The van der Waals surface area contributed by atoms with Crippen LogP contribution >= 0.6 is 0 Å². The van der Waals surface area contributed by atoms with Crippen molar-refractivity contribution in [2.45, 2.75) is 25.8 Å². The summed E-state index contributed by atoms with van der Waals surface area (Å²) in [6, 6.07) is -0.474. The molecule has 0 aromatic heterocycles. The minimum atomic E-state index is -0.522. The van der Waals surface area contributed by atoms with E-state index in [1.54, 1.807) is 6.92 Å². The maximum absolute atomic E-state index is 11.2. The lowest BCUT2D eigenvalue weighted by Gasteiger charge is -2.14. The van der Waals surface area contributed by atoms with Gasteiger partial charge in [-0.15, -0.1) is 0 Å². The highest BCUT2D eigenvalue weighted by atomic mass is 16.5. The first-order valence-corrected chi connectivity index (χ1v) is 4.90. The Balaban J connectivity index is 2.18. The number of carbonyl (C=O) groups is 1. The molecule has 15 heavy (non-hydrogen) atoms. The van der Waals surface area contributed by atoms with Crippen LogP contribution in [-0.4, -0.2) is 18.6 Å². The van der Waals surface area contributed by atoms with Gasteiger partial charge in [-0.25, -0.2) is 4.79 Å². The van der Waals surface area contributed by atoms with Gasteiger partial charge in [-0.2, -0.15) is 0 Å². The molecule has 0 spiro atoms. The molecule has 1 aromatic carbocycles.